The molecule has 2 atom stereocenters. The largest absolute Gasteiger partial charge is 0.497 e. The summed E-state index contributed by atoms with van der Waals surface area (Å²) in [4.78, 5) is 2.34. The van der Waals surface area contributed by atoms with Crippen molar-refractivity contribution in [2.24, 2.45) is 0 Å². The fourth-order valence-corrected chi connectivity index (χ4v) is 2.80. The summed E-state index contributed by atoms with van der Waals surface area (Å²) in [7, 11) is 3.42. The van der Waals surface area contributed by atoms with Crippen molar-refractivity contribution in [2.45, 2.75) is 38.0 Å². The van der Waals surface area contributed by atoms with Gasteiger partial charge in [0.1, 0.15) is 5.75 Å². The molecule has 4 nitrogen and oxygen atoms in total. The number of aliphatic hydroxyl groups is 1. The van der Waals surface area contributed by atoms with Gasteiger partial charge in [0.25, 0.3) is 0 Å². The van der Waals surface area contributed by atoms with Crippen molar-refractivity contribution >= 4 is 0 Å². The van der Waals surface area contributed by atoms with Crippen molar-refractivity contribution in [1.29, 1.82) is 0 Å². The molecular formula is C16H25NO3. The molecule has 1 N–H and O–H groups in total. The monoisotopic (exact) mass is 279 g/mol. The van der Waals surface area contributed by atoms with Crippen LogP contribution in [-0.4, -0.2) is 49.5 Å². The first-order valence-corrected chi connectivity index (χ1v) is 7.24. The average molecular weight is 279 g/mol. The number of piperidine rings is 1. The van der Waals surface area contributed by atoms with Gasteiger partial charge in [-0.3, -0.25) is 4.90 Å². The highest BCUT2D eigenvalue weighted by Crippen LogP contribution is 2.25. The predicted molar refractivity (Wildman–Crippen MR) is 79.0 cm³/mol. The first kappa shape index (κ1) is 15.3. The van der Waals surface area contributed by atoms with Crippen LogP contribution in [0, 0.1) is 0 Å². The summed E-state index contributed by atoms with van der Waals surface area (Å²) in [6.45, 7) is 4.04. The maximum atomic E-state index is 10.5. The van der Waals surface area contributed by atoms with Crippen LogP contribution in [0.15, 0.2) is 24.3 Å². The average Bonchev–Trinajstić information content (AvgIpc) is 2.53. The van der Waals surface area contributed by atoms with E-state index in [1.807, 2.05) is 24.3 Å². The van der Waals surface area contributed by atoms with Gasteiger partial charge in [-0.05, 0) is 37.5 Å². The molecule has 1 saturated heterocycles. The first-order valence-electron chi connectivity index (χ1n) is 7.24. The molecule has 1 aliphatic rings. The van der Waals surface area contributed by atoms with Crippen LogP contribution in [-0.2, 0) is 4.74 Å². The number of hydrogen-bond acceptors (Lipinski definition) is 4. The Hall–Kier alpha value is -1.10. The van der Waals surface area contributed by atoms with Gasteiger partial charge in [0.2, 0.25) is 0 Å². The molecule has 4 heteroatoms. The number of aliphatic hydroxyl groups excluding tert-OH is 1. The highest BCUT2D eigenvalue weighted by atomic mass is 16.5. The standard InChI is InChI=1S/C16H25NO3/c1-12(17-10-8-15(20-3)9-11-17)16(18)13-4-6-14(19-2)7-5-13/h4-7,12,15-16,18H,8-11H2,1-3H3. The van der Waals surface area contributed by atoms with Crippen LogP contribution in [0.4, 0.5) is 0 Å². The Labute approximate surface area is 121 Å². The van der Waals surface area contributed by atoms with E-state index in [9.17, 15) is 5.11 Å². The van der Waals surface area contributed by atoms with Crippen molar-refractivity contribution < 1.29 is 14.6 Å². The molecule has 1 heterocycles. The Morgan fingerprint density at radius 1 is 1.15 bits per heavy atom. The van der Waals surface area contributed by atoms with E-state index in [0.29, 0.717) is 6.10 Å². The lowest BCUT2D eigenvalue weighted by molar-refractivity contribution is -0.00216. The highest BCUT2D eigenvalue weighted by molar-refractivity contribution is 5.29. The Kier molecular flexibility index (Phi) is 5.40. The lowest BCUT2D eigenvalue weighted by Crippen LogP contribution is -2.44. The number of nitrogens with zero attached hydrogens (tertiary/aromatic N) is 1. The predicted octanol–water partition coefficient (Wildman–Crippen LogP) is 2.23. The van der Waals surface area contributed by atoms with Gasteiger partial charge in [0, 0.05) is 26.2 Å². The summed E-state index contributed by atoms with van der Waals surface area (Å²) in [5.41, 5.74) is 0.937. The quantitative estimate of drug-likeness (QED) is 0.897. The zero-order valence-corrected chi connectivity index (χ0v) is 12.6. The Bertz CT molecular complexity index is 399. The summed E-state index contributed by atoms with van der Waals surface area (Å²) in [5, 5.41) is 10.5. The van der Waals surface area contributed by atoms with Crippen LogP contribution >= 0.6 is 0 Å². The van der Waals surface area contributed by atoms with E-state index in [1.165, 1.54) is 0 Å². The van der Waals surface area contributed by atoms with E-state index in [2.05, 4.69) is 11.8 Å². The van der Waals surface area contributed by atoms with E-state index >= 15 is 0 Å². The highest BCUT2D eigenvalue weighted by Gasteiger charge is 2.27. The van der Waals surface area contributed by atoms with E-state index in [0.717, 1.165) is 37.2 Å². The summed E-state index contributed by atoms with van der Waals surface area (Å²) in [5.74, 6) is 0.814. The van der Waals surface area contributed by atoms with E-state index in [1.54, 1.807) is 14.2 Å². The molecule has 112 valence electrons. The minimum atomic E-state index is -0.472. The molecule has 0 aromatic heterocycles. The lowest BCUT2D eigenvalue weighted by atomic mass is 9.99. The molecule has 0 aliphatic carbocycles. The molecule has 2 unspecified atom stereocenters. The molecule has 2 rings (SSSR count). The van der Waals surface area contributed by atoms with Gasteiger partial charge >= 0.3 is 0 Å². The Balaban J connectivity index is 1.95. The maximum absolute atomic E-state index is 10.5. The summed E-state index contributed by atoms with van der Waals surface area (Å²) in [6.07, 6.45) is 1.98. The van der Waals surface area contributed by atoms with Crippen molar-refractivity contribution in [1.82, 2.24) is 4.90 Å². The van der Waals surface area contributed by atoms with E-state index in [4.69, 9.17) is 9.47 Å². The topological polar surface area (TPSA) is 41.9 Å². The lowest BCUT2D eigenvalue weighted by Gasteiger charge is -2.37. The minimum Gasteiger partial charge on any atom is -0.497 e. The summed E-state index contributed by atoms with van der Waals surface area (Å²) < 4.78 is 10.5. The van der Waals surface area contributed by atoms with Crippen molar-refractivity contribution in [3.8, 4) is 5.75 Å². The van der Waals surface area contributed by atoms with Crippen LogP contribution in [0.1, 0.15) is 31.4 Å². The number of ether oxygens (including phenoxy) is 2. The second-order valence-corrected chi connectivity index (χ2v) is 5.43. The number of benzene rings is 1. The fourth-order valence-electron chi connectivity index (χ4n) is 2.80. The molecule has 1 aromatic carbocycles. The zero-order valence-electron chi connectivity index (χ0n) is 12.6. The number of rotatable bonds is 5. The Morgan fingerprint density at radius 2 is 1.75 bits per heavy atom. The number of likely N-dealkylation sites (tertiary alicyclic amines) is 1. The molecule has 1 aromatic rings. The van der Waals surface area contributed by atoms with E-state index < -0.39 is 6.10 Å². The van der Waals surface area contributed by atoms with Gasteiger partial charge in [-0.1, -0.05) is 12.1 Å². The normalized spacial score (nSPS) is 20.6. The van der Waals surface area contributed by atoms with Gasteiger partial charge in [-0.25, -0.2) is 0 Å². The fraction of sp³-hybridized carbons (Fsp3) is 0.625. The van der Waals surface area contributed by atoms with Crippen molar-refractivity contribution in [2.75, 3.05) is 27.3 Å². The van der Waals surface area contributed by atoms with Crippen LogP contribution in [0.25, 0.3) is 0 Å². The third-order valence-electron chi connectivity index (χ3n) is 4.30. The first-order chi connectivity index (χ1) is 9.65. The molecule has 0 radical (unpaired) electrons. The molecular weight excluding hydrogens is 254 g/mol. The van der Waals surface area contributed by atoms with E-state index in [-0.39, 0.29) is 6.04 Å². The molecule has 0 saturated carbocycles. The number of methoxy groups -OCH3 is 2. The smallest absolute Gasteiger partial charge is 0.118 e. The van der Waals surface area contributed by atoms with Crippen molar-refractivity contribution in [3.63, 3.8) is 0 Å². The summed E-state index contributed by atoms with van der Waals surface area (Å²) >= 11 is 0. The second kappa shape index (κ2) is 7.07. The molecule has 0 amide bonds. The zero-order chi connectivity index (χ0) is 14.5. The van der Waals surface area contributed by atoms with Gasteiger partial charge in [0.05, 0.1) is 19.3 Å². The Morgan fingerprint density at radius 3 is 2.25 bits per heavy atom. The third-order valence-corrected chi connectivity index (χ3v) is 4.30. The molecule has 0 bridgehead atoms. The number of hydrogen-bond donors (Lipinski definition) is 1. The third kappa shape index (κ3) is 3.51. The van der Waals surface area contributed by atoms with Crippen LogP contribution < -0.4 is 4.74 Å². The molecule has 1 aliphatic heterocycles. The van der Waals surface area contributed by atoms with Gasteiger partial charge in [-0.15, -0.1) is 0 Å². The second-order valence-electron chi connectivity index (χ2n) is 5.43. The molecule has 1 fully saturated rings. The minimum absolute atomic E-state index is 0.112. The van der Waals surface area contributed by atoms with Gasteiger partial charge in [0.15, 0.2) is 0 Å². The van der Waals surface area contributed by atoms with Crippen LogP contribution in [0.5, 0.6) is 5.75 Å². The van der Waals surface area contributed by atoms with Gasteiger partial charge in [-0.2, -0.15) is 0 Å². The van der Waals surface area contributed by atoms with Gasteiger partial charge < -0.3 is 14.6 Å². The molecule has 20 heavy (non-hydrogen) atoms. The summed E-state index contributed by atoms with van der Waals surface area (Å²) in [6, 6.07) is 7.76. The SMILES string of the molecule is COc1ccc(C(O)C(C)N2CCC(OC)CC2)cc1. The molecule has 0 spiro atoms. The maximum Gasteiger partial charge on any atom is 0.118 e. The van der Waals surface area contributed by atoms with Crippen LogP contribution in [0.3, 0.4) is 0 Å². The van der Waals surface area contributed by atoms with Crippen LogP contribution in [0.2, 0.25) is 0 Å². The van der Waals surface area contributed by atoms with Crippen molar-refractivity contribution in [3.05, 3.63) is 29.8 Å².